The Labute approximate surface area is 158 Å². The zero-order chi connectivity index (χ0) is 19.4. The molecular formula is C20H22BNO5. The third-order valence-electron chi connectivity index (χ3n) is 5.02. The van der Waals surface area contributed by atoms with E-state index in [0.29, 0.717) is 19.4 Å². The molecule has 1 saturated carbocycles. The molecular weight excluding hydrogens is 345 g/mol. The van der Waals surface area contributed by atoms with Crippen LogP contribution in [0, 0.1) is 11.3 Å². The fourth-order valence-electron chi connectivity index (χ4n) is 3.46. The van der Waals surface area contributed by atoms with Crippen LogP contribution < -0.4 is 15.7 Å². The van der Waals surface area contributed by atoms with Gasteiger partial charge in [-0.2, -0.15) is 0 Å². The molecule has 0 unspecified atom stereocenters. The topological polar surface area (TPSA) is 84.9 Å². The number of hydrogen-bond donors (Lipinski definition) is 2. The molecule has 0 aliphatic heterocycles. The van der Waals surface area contributed by atoms with Gasteiger partial charge in [-0.3, -0.25) is 14.8 Å². The molecule has 2 N–H and O–H groups in total. The van der Waals surface area contributed by atoms with Gasteiger partial charge in [0.05, 0.1) is 18.4 Å². The molecule has 0 bridgehead atoms. The van der Waals surface area contributed by atoms with Gasteiger partial charge in [0.2, 0.25) is 5.91 Å². The molecule has 2 atom stereocenters. The normalized spacial score (nSPS) is 20.6. The molecule has 2 aromatic carbocycles. The van der Waals surface area contributed by atoms with E-state index < -0.39 is 23.2 Å². The predicted molar refractivity (Wildman–Crippen MR) is 102 cm³/mol. The summed E-state index contributed by atoms with van der Waals surface area (Å²) in [5.74, 6) is -0.839. The average molecular weight is 367 g/mol. The third kappa shape index (κ3) is 4.14. The van der Waals surface area contributed by atoms with Crippen molar-refractivity contribution in [2.45, 2.75) is 19.4 Å². The van der Waals surface area contributed by atoms with Gasteiger partial charge in [-0.25, -0.2) is 5.48 Å². The fourth-order valence-corrected chi connectivity index (χ4v) is 3.46. The summed E-state index contributed by atoms with van der Waals surface area (Å²) >= 11 is 0. The maximum absolute atomic E-state index is 12.2. The standard InChI is InChI=1S/C20H22BNO5/c1-26-19(24)20(11-17(20)18(23)22-25)10-13-5-7-16(8-6-13)27-12-14-3-2-4-15(21)9-14/h2-9,17,25H,10-12,21H2,1H3,(H,22,23)/t17-,20+/m1/s1. The molecule has 2 aromatic rings. The largest absolute Gasteiger partial charge is 0.489 e. The highest BCUT2D eigenvalue weighted by Crippen LogP contribution is 2.55. The maximum atomic E-state index is 12.2. The van der Waals surface area contributed by atoms with Gasteiger partial charge >= 0.3 is 5.97 Å². The molecule has 0 aromatic heterocycles. The Bertz CT molecular complexity index is 839. The number of rotatable bonds is 7. The smallest absolute Gasteiger partial charge is 0.312 e. The number of carbonyl (C=O) groups is 2. The first kappa shape index (κ1) is 19.0. The van der Waals surface area contributed by atoms with Gasteiger partial charge < -0.3 is 9.47 Å². The Morgan fingerprint density at radius 3 is 2.59 bits per heavy atom. The van der Waals surface area contributed by atoms with E-state index in [1.165, 1.54) is 12.6 Å². The minimum absolute atomic E-state index is 0.359. The molecule has 27 heavy (non-hydrogen) atoms. The Morgan fingerprint density at radius 2 is 1.96 bits per heavy atom. The van der Waals surface area contributed by atoms with Crippen molar-refractivity contribution in [2.75, 3.05) is 7.11 Å². The van der Waals surface area contributed by atoms with Crippen LogP contribution >= 0.6 is 0 Å². The van der Waals surface area contributed by atoms with Crippen molar-refractivity contribution in [3.05, 3.63) is 59.7 Å². The number of methoxy groups -OCH3 is 1. The third-order valence-corrected chi connectivity index (χ3v) is 5.02. The molecule has 0 spiro atoms. The van der Waals surface area contributed by atoms with Crippen molar-refractivity contribution in [3.8, 4) is 5.75 Å². The van der Waals surface area contributed by atoms with Gasteiger partial charge in [-0.05, 0) is 36.1 Å². The second-order valence-corrected chi connectivity index (χ2v) is 6.98. The van der Waals surface area contributed by atoms with Gasteiger partial charge in [-0.15, -0.1) is 0 Å². The van der Waals surface area contributed by atoms with E-state index >= 15 is 0 Å². The van der Waals surface area contributed by atoms with Crippen LogP contribution in [-0.2, 0) is 27.4 Å². The molecule has 1 fully saturated rings. The van der Waals surface area contributed by atoms with Crippen molar-refractivity contribution in [1.82, 2.24) is 5.48 Å². The molecule has 0 saturated heterocycles. The summed E-state index contributed by atoms with van der Waals surface area (Å²) in [6.45, 7) is 0.478. The van der Waals surface area contributed by atoms with Crippen molar-refractivity contribution < 1.29 is 24.3 Å². The molecule has 0 radical (unpaired) electrons. The van der Waals surface area contributed by atoms with Crippen LogP contribution in [0.3, 0.4) is 0 Å². The average Bonchev–Trinajstić information content (AvgIpc) is 3.41. The highest BCUT2D eigenvalue weighted by Gasteiger charge is 2.64. The molecule has 1 aliphatic rings. The Hall–Kier alpha value is -2.80. The lowest BCUT2D eigenvalue weighted by molar-refractivity contribution is -0.149. The van der Waals surface area contributed by atoms with Crippen molar-refractivity contribution >= 4 is 25.2 Å². The molecule has 1 amide bonds. The number of hydroxylamine groups is 1. The van der Waals surface area contributed by atoms with Crippen LogP contribution in [0.25, 0.3) is 0 Å². The van der Waals surface area contributed by atoms with Gasteiger partial charge in [-0.1, -0.05) is 41.9 Å². The van der Waals surface area contributed by atoms with Crippen LogP contribution in [0.1, 0.15) is 17.5 Å². The zero-order valence-electron chi connectivity index (χ0n) is 15.4. The molecule has 3 rings (SSSR count). The highest BCUT2D eigenvalue weighted by atomic mass is 16.5. The van der Waals surface area contributed by atoms with E-state index in [-0.39, 0.29) is 0 Å². The van der Waals surface area contributed by atoms with Crippen LogP contribution in [0.2, 0.25) is 0 Å². The van der Waals surface area contributed by atoms with Crippen LogP contribution in [0.5, 0.6) is 5.75 Å². The van der Waals surface area contributed by atoms with Gasteiger partial charge in [0, 0.05) is 0 Å². The lowest BCUT2D eigenvalue weighted by Crippen LogP contribution is -2.30. The lowest BCUT2D eigenvalue weighted by Gasteiger charge is -2.15. The quantitative estimate of drug-likeness (QED) is 0.327. The lowest BCUT2D eigenvalue weighted by atomic mass is 9.93. The van der Waals surface area contributed by atoms with E-state index in [0.717, 1.165) is 16.9 Å². The number of amides is 1. The van der Waals surface area contributed by atoms with Crippen molar-refractivity contribution in [3.63, 3.8) is 0 Å². The summed E-state index contributed by atoms with van der Waals surface area (Å²) in [6.07, 6.45) is 0.730. The summed E-state index contributed by atoms with van der Waals surface area (Å²) in [5.41, 5.74) is 3.90. The number of ether oxygens (including phenoxy) is 2. The van der Waals surface area contributed by atoms with E-state index in [1.54, 1.807) is 5.48 Å². The van der Waals surface area contributed by atoms with E-state index in [2.05, 4.69) is 6.07 Å². The Kier molecular flexibility index (Phi) is 5.51. The number of nitrogens with one attached hydrogen (secondary N) is 1. The van der Waals surface area contributed by atoms with Gasteiger partial charge in [0.1, 0.15) is 20.2 Å². The van der Waals surface area contributed by atoms with E-state index in [4.69, 9.17) is 14.7 Å². The summed E-state index contributed by atoms with van der Waals surface area (Å²) in [6, 6.07) is 15.6. The number of carbonyl (C=O) groups excluding carboxylic acids is 2. The summed E-state index contributed by atoms with van der Waals surface area (Å²) < 4.78 is 10.7. The van der Waals surface area contributed by atoms with E-state index in [9.17, 15) is 9.59 Å². The molecule has 6 nitrogen and oxygen atoms in total. The Balaban J connectivity index is 1.64. The highest BCUT2D eigenvalue weighted by molar-refractivity contribution is 6.32. The second-order valence-electron chi connectivity index (χ2n) is 6.98. The number of hydrogen-bond acceptors (Lipinski definition) is 5. The summed E-state index contributed by atoms with van der Waals surface area (Å²) in [4.78, 5) is 23.9. The number of esters is 1. The van der Waals surface area contributed by atoms with Crippen molar-refractivity contribution in [1.29, 1.82) is 0 Å². The minimum Gasteiger partial charge on any atom is -0.489 e. The zero-order valence-corrected chi connectivity index (χ0v) is 15.4. The van der Waals surface area contributed by atoms with E-state index in [1.807, 2.05) is 50.3 Å². The molecule has 0 heterocycles. The first-order valence-corrected chi connectivity index (χ1v) is 8.78. The maximum Gasteiger partial charge on any atom is 0.312 e. The Morgan fingerprint density at radius 1 is 1.22 bits per heavy atom. The first-order chi connectivity index (χ1) is 13.0. The van der Waals surface area contributed by atoms with Crippen LogP contribution in [0.15, 0.2) is 48.5 Å². The van der Waals surface area contributed by atoms with Crippen LogP contribution in [-0.4, -0.2) is 32.0 Å². The predicted octanol–water partition coefficient (Wildman–Crippen LogP) is 0.751. The molecule has 140 valence electrons. The van der Waals surface area contributed by atoms with Crippen LogP contribution in [0.4, 0.5) is 0 Å². The minimum atomic E-state index is -0.911. The summed E-state index contributed by atoms with van der Waals surface area (Å²) in [7, 11) is 3.34. The van der Waals surface area contributed by atoms with Gasteiger partial charge in [0.25, 0.3) is 0 Å². The second kappa shape index (κ2) is 7.84. The monoisotopic (exact) mass is 367 g/mol. The summed E-state index contributed by atoms with van der Waals surface area (Å²) in [5, 5.41) is 8.84. The SMILES string of the molecule is Bc1cccc(COc2ccc(C[C@]3(C(=O)OC)C[C@@H]3C(=O)NO)cc2)c1. The molecule has 1 aliphatic carbocycles. The van der Waals surface area contributed by atoms with Gasteiger partial charge in [0.15, 0.2) is 0 Å². The number of benzene rings is 2. The molecule has 7 heteroatoms. The fraction of sp³-hybridized carbons (Fsp3) is 0.300. The van der Waals surface area contributed by atoms with Crippen molar-refractivity contribution in [2.24, 2.45) is 11.3 Å². The first-order valence-electron chi connectivity index (χ1n) is 8.78.